The average Bonchev–Trinajstić information content (AvgIpc) is 2.84. The van der Waals surface area contributed by atoms with E-state index in [1.54, 1.807) is 6.07 Å². The Morgan fingerprint density at radius 3 is 1.77 bits per heavy atom. The van der Waals surface area contributed by atoms with Crippen LogP contribution in [0.2, 0.25) is 0 Å². The SMILES string of the molecule is Cc1cc(P(=O)(O)O)cc(C)c1Oc1ccc(-c2ccc(C34CC5CC(CC(C5)C3)C4)c(F)c2F)c(F)c1F. The first kappa shape index (κ1) is 26.5. The summed E-state index contributed by atoms with van der Waals surface area (Å²) < 4.78 is 78.6. The minimum atomic E-state index is -4.52. The summed E-state index contributed by atoms with van der Waals surface area (Å²) in [6.07, 6.45) is 6.01. The van der Waals surface area contributed by atoms with E-state index in [-0.39, 0.29) is 22.0 Å². The molecule has 0 aromatic heterocycles. The van der Waals surface area contributed by atoms with Crippen molar-refractivity contribution < 1.29 is 36.7 Å². The molecule has 0 atom stereocenters. The van der Waals surface area contributed by atoms with E-state index < -0.39 is 42.2 Å². The van der Waals surface area contributed by atoms with Gasteiger partial charge < -0.3 is 14.5 Å². The van der Waals surface area contributed by atoms with Crippen molar-refractivity contribution in [3.05, 3.63) is 76.4 Å². The van der Waals surface area contributed by atoms with Crippen molar-refractivity contribution in [2.24, 2.45) is 17.8 Å². The van der Waals surface area contributed by atoms with E-state index in [9.17, 15) is 14.4 Å². The highest BCUT2D eigenvalue weighted by molar-refractivity contribution is 7.60. The first-order valence-electron chi connectivity index (χ1n) is 13.2. The Morgan fingerprint density at radius 1 is 0.769 bits per heavy atom. The lowest BCUT2D eigenvalue weighted by atomic mass is 9.48. The largest absolute Gasteiger partial charge is 0.454 e. The van der Waals surface area contributed by atoms with Crippen LogP contribution in [0.5, 0.6) is 11.5 Å². The zero-order chi connectivity index (χ0) is 27.9. The van der Waals surface area contributed by atoms with Crippen LogP contribution >= 0.6 is 7.60 Å². The van der Waals surface area contributed by atoms with Gasteiger partial charge in [-0.05, 0) is 116 Å². The fourth-order valence-corrected chi connectivity index (χ4v) is 8.52. The highest BCUT2D eigenvalue weighted by atomic mass is 31.2. The topological polar surface area (TPSA) is 66.8 Å². The van der Waals surface area contributed by atoms with E-state index in [2.05, 4.69) is 0 Å². The molecule has 7 rings (SSSR count). The first-order chi connectivity index (χ1) is 18.4. The molecule has 0 radical (unpaired) electrons. The molecule has 0 amide bonds. The first-order valence-corrected chi connectivity index (χ1v) is 14.8. The summed E-state index contributed by atoms with van der Waals surface area (Å²) in [6.45, 7) is 3.04. The molecule has 9 heteroatoms. The molecule has 4 aliphatic rings. The van der Waals surface area contributed by atoms with Gasteiger partial charge in [0.25, 0.3) is 0 Å². The van der Waals surface area contributed by atoms with Gasteiger partial charge in [0, 0.05) is 11.1 Å². The van der Waals surface area contributed by atoms with Gasteiger partial charge in [0.2, 0.25) is 5.82 Å². The molecule has 3 aromatic carbocycles. The van der Waals surface area contributed by atoms with Gasteiger partial charge >= 0.3 is 7.60 Å². The molecule has 4 aliphatic carbocycles. The summed E-state index contributed by atoms with van der Waals surface area (Å²) in [5.41, 5.74) is -0.185. The molecule has 4 bridgehead atoms. The fourth-order valence-electron chi connectivity index (χ4n) is 7.79. The Hall–Kier alpha value is -2.67. The second-order valence-corrected chi connectivity index (χ2v) is 13.4. The molecule has 0 saturated heterocycles. The lowest BCUT2D eigenvalue weighted by Gasteiger charge is -2.57. The van der Waals surface area contributed by atoms with Gasteiger partial charge in [-0.1, -0.05) is 12.1 Å². The van der Waals surface area contributed by atoms with Crippen LogP contribution in [0.1, 0.15) is 55.2 Å². The number of aryl methyl sites for hydroxylation is 2. The predicted octanol–water partition coefficient (Wildman–Crippen LogP) is 7.59. The van der Waals surface area contributed by atoms with Crippen LogP contribution in [-0.2, 0) is 9.98 Å². The van der Waals surface area contributed by atoms with Crippen molar-refractivity contribution in [3.63, 3.8) is 0 Å². The van der Waals surface area contributed by atoms with Crippen LogP contribution in [0.25, 0.3) is 11.1 Å². The Bertz CT molecular complexity index is 1490. The molecule has 0 spiro atoms. The second kappa shape index (κ2) is 9.18. The zero-order valence-electron chi connectivity index (χ0n) is 21.6. The third-order valence-corrected chi connectivity index (χ3v) is 9.95. The highest BCUT2D eigenvalue weighted by Crippen LogP contribution is 2.61. The van der Waals surface area contributed by atoms with Gasteiger partial charge in [0.15, 0.2) is 23.2 Å². The summed E-state index contributed by atoms with van der Waals surface area (Å²) in [7, 11) is -4.52. The van der Waals surface area contributed by atoms with Crippen LogP contribution in [0.4, 0.5) is 17.6 Å². The monoisotopic (exact) mass is 560 g/mol. The van der Waals surface area contributed by atoms with Gasteiger partial charge in [-0.2, -0.15) is 4.39 Å². The molecule has 0 heterocycles. The highest BCUT2D eigenvalue weighted by Gasteiger charge is 2.52. The number of hydrogen-bond acceptors (Lipinski definition) is 2. The van der Waals surface area contributed by atoms with E-state index in [4.69, 9.17) is 4.74 Å². The molecule has 3 aromatic rings. The Morgan fingerprint density at radius 2 is 1.26 bits per heavy atom. The van der Waals surface area contributed by atoms with E-state index >= 15 is 17.6 Å². The van der Waals surface area contributed by atoms with E-state index in [0.717, 1.165) is 50.7 Å². The van der Waals surface area contributed by atoms with Crippen LogP contribution in [0.3, 0.4) is 0 Å². The summed E-state index contributed by atoms with van der Waals surface area (Å²) in [5, 5.41) is -0.221. The molecular formula is C30H29F4O4P. The molecule has 4 fully saturated rings. The summed E-state index contributed by atoms with van der Waals surface area (Å²) in [4.78, 5) is 18.9. The minimum Gasteiger partial charge on any atom is -0.454 e. The van der Waals surface area contributed by atoms with Crippen molar-refractivity contribution in [2.45, 2.75) is 57.8 Å². The molecule has 0 unspecified atom stereocenters. The molecule has 0 aliphatic heterocycles. The predicted molar refractivity (Wildman–Crippen MR) is 139 cm³/mol. The minimum absolute atomic E-state index is 0.107. The van der Waals surface area contributed by atoms with Crippen LogP contribution in [-0.4, -0.2) is 9.79 Å². The average molecular weight is 561 g/mol. The Kier molecular flexibility index (Phi) is 6.25. The number of rotatable bonds is 5. The van der Waals surface area contributed by atoms with Crippen LogP contribution < -0.4 is 10.0 Å². The zero-order valence-corrected chi connectivity index (χ0v) is 22.5. The van der Waals surface area contributed by atoms with Gasteiger partial charge in [-0.25, -0.2) is 13.2 Å². The number of ether oxygens (including phenoxy) is 1. The lowest BCUT2D eigenvalue weighted by Crippen LogP contribution is -2.49. The van der Waals surface area contributed by atoms with Crippen LogP contribution in [0, 0.1) is 54.9 Å². The summed E-state index contributed by atoms with van der Waals surface area (Å²) >= 11 is 0. The fraction of sp³-hybridized carbons (Fsp3) is 0.400. The van der Waals surface area contributed by atoms with Crippen molar-refractivity contribution in [3.8, 4) is 22.6 Å². The van der Waals surface area contributed by atoms with Gasteiger partial charge in [-0.3, -0.25) is 4.57 Å². The standard InChI is InChI=1S/C30H29F4O4P/c1-15-7-20(39(35,36)37)8-16(2)29(15)38-24-6-4-22(26(32)28(24)34)21-3-5-23(27(33)25(21)31)30-12-17-9-18(13-30)11-19(10-17)14-30/h3-8,17-19H,9-14H2,1-2H3,(H2,35,36,37). The number of benzene rings is 3. The van der Waals surface area contributed by atoms with Crippen molar-refractivity contribution in [1.29, 1.82) is 0 Å². The molecule has 4 saturated carbocycles. The molecule has 2 N–H and O–H groups in total. The van der Waals surface area contributed by atoms with Gasteiger partial charge in [-0.15, -0.1) is 0 Å². The number of hydrogen-bond donors (Lipinski definition) is 2. The Labute approximate surface area is 224 Å². The van der Waals surface area contributed by atoms with Crippen molar-refractivity contribution in [2.75, 3.05) is 0 Å². The van der Waals surface area contributed by atoms with Gasteiger partial charge in [0.05, 0.1) is 5.30 Å². The van der Waals surface area contributed by atoms with Crippen molar-refractivity contribution in [1.82, 2.24) is 0 Å². The lowest BCUT2D eigenvalue weighted by molar-refractivity contribution is -0.00701. The summed E-state index contributed by atoms with van der Waals surface area (Å²) in [6, 6.07) is 7.61. The molecular weight excluding hydrogens is 531 g/mol. The second-order valence-electron chi connectivity index (χ2n) is 11.8. The quantitative estimate of drug-likeness (QED) is 0.249. The van der Waals surface area contributed by atoms with E-state index in [0.29, 0.717) is 34.4 Å². The Balaban J connectivity index is 1.33. The van der Waals surface area contributed by atoms with Crippen molar-refractivity contribution >= 4 is 12.9 Å². The molecule has 39 heavy (non-hydrogen) atoms. The maximum atomic E-state index is 15.6. The van der Waals surface area contributed by atoms with E-state index in [1.165, 1.54) is 32.0 Å². The van der Waals surface area contributed by atoms with Crippen LogP contribution in [0.15, 0.2) is 36.4 Å². The summed E-state index contributed by atoms with van der Waals surface area (Å²) in [5.74, 6) is -3.69. The molecule has 206 valence electrons. The maximum Gasteiger partial charge on any atom is 0.356 e. The molecule has 4 nitrogen and oxygen atoms in total. The third-order valence-electron chi connectivity index (χ3n) is 9.02. The normalized spacial score (nSPS) is 25.8. The third kappa shape index (κ3) is 4.41. The maximum absolute atomic E-state index is 15.6. The van der Waals surface area contributed by atoms with E-state index in [1.807, 2.05) is 0 Å². The van der Waals surface area contributed by atoms with Gasteiger partial charge in [0.1, 0.15) is 5.75 Å². The smallest absolute Gasteiger partial charge is 0.356 e. The number of halogens is 4.